The van der Waals surface area contributed by atoms with Crippen molar-refractivity contribution in [1.82, 2.24) is 0 Å². The first-order chi connectivity index (χ1) is 9.70. The summed E-state index contributed by atoms with van der Waals surface area (Å²) < 4.78 is 27.0. The number of carbonyl (C=O) groups excluding carboxylic acids is 2. The molecule has 1 heterocycles. The summed E-state index contributed by atoms with van der Waals surface area (Å²) in [6, 6.07) is 2.91. The Balaban J connectivity index is 2.13. The van der Waals surface area contributed by atoms with Gasteiger partial charge in [0.05, 0.1) is 11.1 Å². The fraction of sp³-hybridized carbons (Fsp3) is 0.500. The maximum atomic E-state index is 14.0. The van der Waals surface area contributed by atoms with E-state index in [2.05, 4.69) is 0 Å². The molecular weight excluding hydrogens is 276 g/mol. The second kappa shape index (κ2) is 4.12. The van der Waals surface area contributed by atoms with Crippen molar-refractivity contribution in [3.05, 3.63) is 29.8 Å². The lowest BCUT2D eigenvalue weighted by molar-refractivity contribution is -0.146. The number of fused-ring (bicyclic) bond motifs is 2. The molecule has 3 nitrogen and oxygen atoms in total. The van der Waals surface area contributed by atoms with Gasteiger partial charge in [-0.2, -0.15) is 0 Å². The summed E-state index contributed by atoms with van der Waals surface area (Å²) in [5, 5.41) is 0. The van der Waals surface area contributed by atoms with Crippen LogP contribution < -0.4 is 4.90 Å². The molecule has 2 bridgehead atoms. The molecule has 2 atom stereocenters. The summed E-state index contributed by atoms with van der Waals surface area (Å²) in [6.07, 6.45) is 1.22. The molecule has 1 saturated carbocycles. The molecule has 2 unspecified atom stereocenters. The van der Waals surface area contributed by atoms with Gasteiger partial charge in [-0.25, -0.2) is 13.7 Å². The van der Waals surface area contributed by atoms with Gasteiger partial charge in [-0.05, 0) is 30.4 Å². The third-order valence-corrected chi connectivity index (χ3v) is 5.57. The molecule has 1 aromatic rings. The molecule has 21 heavy (non-hydrogen) atoms. The van der Waals surface area contributed by atoms with E-state index in [1.54, 1.807) is 0 Å². The number of carbonyl (C=O) groups is 2. The quantitative estimate of drug-likeness (QED) is 0.745. The van der Waals surface area contributed by atoms with Crippen LogP contribution in [0.5, 0.6) is 0 Å². The molecule has 112 valence electrons. The molecule has 1 aliphatic heterocycles. The molecule has 1 aliphatic carbocycles. The van der Waals surface area contributed by atoms with E-state index in [0.29, 0.717) is 18.9 Å². The fourth-order valence-corrected chi connectivity index (χ4v) is 3.71. The third kappa shape index (κ3) is 1.63. The van der Waals surface area contributed by atoms with Crippen LogP contribution in [0.4, 0.5) is 14.5 Å². The number of imide groups is 1. The largest absolute Gasteiger partial charge is 0.274 e. The highest BCUT2D eigenvalue weighted by Crippen LogP contribution is 2.60. The number of rotatable bonds is 1. The van der Waals surface area contributed by atoms with Crippen molar-refractivity contribution in [2.45, 2.75) is 33.6 Å². The number of halogens is 2. The molecular formula is C16H17F2NO2. The third-order valence-electron chi connectivity index (χ3n) is 5.57. The summed E-state index contributed by atoms with van der Waals surface area (Å²) in [7, 11) is 0. The Labute approximate surface area is 121 Å². The van der Waals surface area contributed by atoms with E-state index in [0.717, 1.165) is 17.0 Å². The molecule has 2 amide bonds. The van der Waals surface area contributed by atoms with E-state index in [1.807, 2.05) is 20.8 Å². The highest BCUT2D eigenvalue weighted by molar-refractivity contribution is 6.20. The lowest BCUT2D eigenvalue weighted by Gasteiger charge is -2.47. The summed E-state index contributed by atoms with van der Waals surface area (Å²) in [6.45, 7) is 5.66. The molecule has 0 spiro atoms. The van der Waals surface area contributed by atoms with Crippen LogP contribution in [0.3, 0.4) is 0 Å². The van der Waals surface area contributed by atoms with Crippen LogP contribution in [0, 0.1) is 28.4 Å². The molecule has 0 aromatic heterocycles. The van der Waals surface area contributed by atoms with Gasteiger partial charge in [-0.1, -0.05) is 20.8 Å². The lowest BCUT2D eigenvalue weighted by atomic mass is 9.62. The van der Waals surface area contributed by atoms with Crippen LogP contribution in [0.2, 0.25) is 0 Å². The number of hydrogen-bond donors (Lipinski definition) is 0. The summed E-state index contributed by atoms with van der Waals surface area (Å²) in [4.78, 5) is 26.4. The maximum Gasteiger partial charge on any atom is 0.240 e. The van der Waals surface area contributed by atoms with Crippen molar-refractivity contribution >= 4 is 17.5 Å². The number of hydrogen-bond acceptors (Lipinski definition) is 2. The number of amides is 2. The highest BCUT2D eigenvalue weighted by atomic mass is 19.1. The van der Waals surface area contributed by atoms with Gasteiger partial charge in [0, 0.05) is 12.0 Å². The molecule has 3 rings (SSSR count). The van der Waals surface area contributed by atoms with Crippen LogP contribution in [0.1, 0.15) is 33.6 Å². The van der Waals surface area contributed by atoms with Gasteiger partial charge in [0.25, 0.3) is 0 Å². The number of piperidine rings is 1. The van der Waals surface area contributed by atoms with E-state index in [4.69, 9.17) is 0 Å². The van der Waals surface area contributed by atoms with Crippen molar-refractivity contribution in [1.29, 1.82) is 0 Å². The molecule has 2 fully saturated rings. The van der Waals surface area contributed by atoms with Crippen LogP contribution >= 0.6 is 0 Å². The molecule has 0 N–H and O–H groups in total. The minimum absolute atomic E-state index is 0.153. The summed E-state index contributed by atoms with van der Waals surface area (Å²) >= 11 is 0. The second-order valence-corrected chi connectivity index (χ2v) is 6.72. The van der Waals surface area contributed by atoms with E-state index in [-0.39, 0.29) is 17.5 Å². The van der Waals surface area contributed by atoms with E-state index >= 15 is 0 Å². The summed E-state index contributed by atoms with van der Waals surface area (Å²) in [5.74, 6) is -2.71. The van der Waals surface area contributed by atoms with E-state index in [1.165, 1.54) is 0 Å². The number of nitrogens with zero attached hydrogens (tertiary/aromatic N) is 1. The zero-order valence-corrected chi connectivity index (χ0v) is 12.2. The summed E-state index contributed by atoms with van der Waals surface area (Å²) in [5.41, 5.74) is -1.30. The Hall–Kier alpha value is -1.78. The molecule has 0 radical (unpaired) electrons. The minimum atomic E-state index is -0.889. The monoisotopic (exact) mass is 293 g/mol. The van der Waals surface area contributed by atoms with Gasteiger partial charge < -0.3 is 0 Å². The number of benzene rings is 1. The molecule has 1 aromatic carbocycles. The van der Waals surface area contributed by atoms with Gasteiger partial charge in [-0.15, -0.1) is 0 Å². The predicted octanol–water partition coefficient (Wildman–Crippen LogP) is 3.28. The average molecular weight is 293 g/mol. The standard InChI is InChI=1S/C16H17F2NO2/c1-15(2)10-6-7-16(15,3)14(21)19(13(10)20)12-5-4-9(17)8-11(12)18/h4-5,8,10H,6-7H2,1-3H3. The Bertz CT molecular complexity index is 656. The Morgan fingerprint density at radius 3 is 2.48 bits per heavy atom. The van der Waals surface area contributed by atoms with Crippen molar-refractivity contribution in [2.24, 2.45) is 16.7 Å². The maximum absolute atomic E-state index is 14.0. The zero-order chi connectivity index (χ0) is 15.6. The van der Waals surface area contributed by atoms with Gasteiger partial charge in [0.15, 0.2) is 0 Å². The average Bonchev–Trinajstić information content (AvgIpc) is 2.57. The predicted molar refractivity (Wildman–Crippen MR) is 73.5 cm³/mol. The first-order valence-corrected chi connectivity index (χ1v) is 7.03. The Kier molecular flexibility index (Phi) is 2.78. The minimum Gasteiger partial charge on any atom is -0.274 e. The van der Waals surface area contributed by atoms with Crippen molar-refractivity contribution < 1.29 is 18.4 Å². The zero-order valence-electron chi connectivity index (χ0n) is 12.2. The fourth-order valence-electron chi connectivity index (χ4n) is 3.71. The van der Waals surface area contributed by atoms with Gasteiger partial charge in [0.1, 0.15) is 11.6 Å². The normalized spacial score (nSPS) is 30.9. The molecule has 5 heteroatoms. The first-order valence-electron chi connectivity index (χ1n) is 7.03. The van der Waals surface area contributed by atoms with Crippen LogP contribution in [-0.4, -0.2) is 11.8 Å². The topological polar surface area (TPSA) is 37.4 Å². The molecule has 1 saturated heterocycles. The Morgan fingerprint density at radius 1 is 1.19 bits per heavy atom. The second-order valence-electron chi connectivity index (χ2n) is 6.72. The van der Waals surface area contributed by atoms with Crippen LogP contribution in [0.15, 0.2) is 18.2 Å². The van der Waals surface area contributed by atoms with Crippen molar-refractivity contribution in [2.75, 3.05) is 4.90 Å². The SMILES string of the molecule is CC12CCC(C(=O)N(c3ccc(F)cc3F)C1=O)C2(C)C. The highest BCUT2D eigenvalue weighted by Gasteiger charge is 2.64. The Morgan fingerprint density at radius 2 is 1.86 bits per heavy atom. The smallest absolute Gasteiger partial charge is 0.240 e. The molecule has 2 aliphatic rings. The first kappa shape index (κ1) is 14.2. The van der Waals surface area contributed by atoms with Gasteiger partial charge in [0.2, 0.25) is 11.8 Å². The van der Waals surface area contributed by atoms with Crippen molar-refractivity contribution in [3.63, 3.8) is 0 Å². The van der Waals surface area contributed by atoms with Crippen LogP contribution in [-0.2, 0) is 9.59 Å². The van der Waals surface area contributed by atoms with Gasteiger partial charge >= 0.3 is 0 Å². The van der Waals surface area contributed by atoms with E-state index in [9.17, 15) is 18.4 Å². The van der Waals surface area contributed by atoms with E-state index < -0.39 is 28.4 Å². The van der Waals surface area contributed by atoms with Gasteiger partial charge in [-0.3, -0.25) is 9.59 Å². The van der Waals surface area contributed by atoms with Crippen molar-refractivity contribution in [3.8, 4) is 0 Å². The van der Waals surface area contributed by atoms with Crippen LogP contribution in [0.25, 0.3) is 0 Å². The number of anilines is 1. The lowest BCUT2D eigenvalue weighted by Crippen LogP contribution is -2.59.